The molecule has 1 saturated carbocycles. The minimum Gasteiger partial charge on any atom is -0.267 e. The van der Waals surface area contributed by atoms with E-state index in [0.717, 1.165) is 24.6 Å². The second kappa shape index (κ2) is 4.51. The highest BCUT2D eigenvalue weighted by Gasteiger charge is 2.29. The number of H-pyrrole nitrogens is 1. The van der Waals surface area contributed by atoms with Crippen molar-refractivity contribution in [2.24, 2.45) is 0 Å². The molecule has 2 aromatic rings. The van der Waals surface area contributed by atoms with Crippen LogP contribution in [-0.2, 0) is 0 Å². The van der Waals surface area contributed by atoms with Crippen LogP contribution in [0.5, 0.6) is 0 Å². The molecule has 0 bridgehead atoms. The van der Waals surface area contributed by atoms with Crippen molar-refractivity contribution in [2.75, 3.05) is 0 Å². The molecule has 1 aliphatic carbocycles. The van der Waals surface area contributed by atoms with Gasteiger partial charge < -0.3 is 0 Å². The topological polar surface area (TPSA) is 63.6 Å². The molecule has 1 fully saturated rings. The Bertz CT molecular complexity index is 652. The van der Waals surface area contributed by atoms with Crippen LogP contribution in [0.15, 0.2) is 31.7 Å². The normalized spacial score (nSPS) is 15.0. The summed E-state index contributed by atoms with van der Waals surface area (Å²) in [4.78, 5) is 15.5. The third-order valence-electron chi connectivity index (χ3n) is 2.55. The molecule has 94 valence electrons. The molecule has 0 unspecified atom stereocenters. The van der Waals surface area contributed by atoms with E-state index in [1.807, 2.05) is 0 Å². The third kappa shape index (κ3) is 2.22. The van der Waals surface area contributed by atoms with Gasteiger partial charge >= 0.3 is 5.69 Å². The van der Waals surface area contributed by atoms with Gasteiger partial charge in [-0.2, -0.15) is 0 Å². The van der Waals surface area contributed by atoms with Crippen molar-refractivity contribution in [3.63, 3.8) is 0 Å². The molecule has 0 amide bonds. The van der Waals surface area contributed by atoms with E-state index in [2.05, 4.69) is 31.1 Å². The van der Waals surface area contributed by atoms with Crippen molar-refractivity contribution in [1.82, 2.24) is 19.7 Å². The first-order valence-electron chi connectivity index (χ1n) is 5.31. The average Bonchev–Trinajstić information content (AvgIpc) is 3.08. The monoisotopic (exact) mass is 330 g/mol. The van der Waals surface area contributed by atoms with Crippen LogP contribution in [0.2, 0.25) is 0 Å². The molecule has 0 spiro atoms. The highest BCUT2D eigenvalue weighted by Crippen LogP contribution is 2.37. The molecule has 8 heteroatoms. The number of halogens is 2. The van der Waals surface area contributed by atoms with Crippen molar-refractivity contribution >= 4 is 27.7 Å². The van der Waals surface area contributed by atoms with Crippen LogP contribution in [-0.4, -0.2) is 19.7 Å². The van der Waals surface area contributed by atoms with Crippen molar-refractivity contribution in [3.8, 4) is 0 Å². The lowest BCUT2D eigenvalue weighted by Gasteiger charge is -2.03. The fourth-order valence-corrected chi connectivity index (χ4v) is 2.74. The predicted molar refractivity (Wildman–Crippen MR) is 67.1 cm³/mol. The van der Waals surface area contributed by atoms with Crippen LogP contribution in [0.4, 0.5) is 4.39 Å². The Labute approximate surface area is 114 Å². The first-order valence-corrected chi connectivity index (χ1v) is 6.92. The fraction of sp³-hybridized carbons (Fsp3) is 0.300. The second-order valence-corrected chi connectivity index (χ2v) is 5.83. The largest absolute Gasteiger partial charge is 0.344 e. The van der Waals surface area contributed by atoms with Crippen LogP contribution < -0.4 is 5.69 Å². The minimum absolute atomic E-state index is 0.192. The van der Waals surface area contributed by atoms with Crippen molar-refractivity contribution < 1.29 is 4.39 Å². The Hall–Kier alpha value is -1.15. The number of aromatic amines is 1. The Balaban J connectivity index is 1.94. The molecule has 2 aromatic heterocycles. The van der Waals surface area contributed by atoms with Crippen LogP contribution in [0.1, 0.15) is 18.9 Å². The molecule has 0 saturated heterocycles. The number of nitrogens with one attached hydrogen (secondary N) is 1. The molecule has 1 N–H and O–H groups in total. The molecule has 0 aliphatic heterocycles. The Kier molecular flexibility index (Phi) is 2.98. The molecule has 2 heterocycles. The minimum atomic E-state index is -0.438. The van der Waals surface area contributed by atoms with E-state index in [1.54, 1.807) is 4.57 Å². The van der Waals surface area contributed by atoms with Gasteiger partial charge in [0.05, 0.1) is 0 Å². The highest BCUT2D eigenvalue weighted by molar-refractivity contribution is 9.10. The molecular formula is C10H8BrFN4OS. The van der Waals surface area contributed by atoms with Gasteiger partial charge in [-0.25, -0.2) is 19.3 Å². The van der Waals surface area contributed by atoms with Crippen LogP contribution in [0.3, 0.4) is 0 Å². The van der Waals surface area contributed by atoms with E-state index < -0.39 is 5.82 Å². The van der Waals surface area contributed by atoms with E-state index in [1.165, 1.54) is 12.3 Å². The molecule has 0 atom stereocenters. The zero-order valence-corrected chi connectivity index (χ0v) is 11.5. The number of aromatic nitrogens is 4. The summed E-state index contributed by atoms with van der Waals surface area (Å²) in [5, 5.41) is 6.95. The summed E-state index contributed by atoms with van der Waals surface area (Å²) in [5.74, 6) is -0.438. The van der Waals surface area contributed by atoms with Gasteiger partial charge in [0.1, 0.15) is 5.03 Å². The highest BCUT2D eigenvalue weighted by atomic mass is 79.9. The number of hydrogen-bond acceptors (Lipinski definition) is 4. The van der Waals surface area contributed by atoms with Gasteiger partial charge in [-0.05, 0) is 46.6 Å². The van der Waals surface area contributed by atoms with Gasteiger partial charge in [-0.3, -0.25) is 4.57 Å². The SMILES string of the molecule is O=c1[nH]nc(Sc2ncc(Br)cc2F)n1C1CC1. The van der Waals surface area contributed by atoms with E-state index in [9.17, 15) is 9.18 Å². The van der Waals surface area contributed by atoms with E-state index in [4.69, 9.17) is 0 Å². The predicted octanol–water partition coefficient (Wildman–Crippen LogP) is 2.35. The summed E-state index contributed by atoms with van der Waals surface area (Å²) in [5.41, 5.74) is -0.252. The first kappa shape index (κ1) is 11.9. The van der Waals surface area contributed by atoms with Gasteiger partial charge in [0.2, 0.25) is 0 Å². The second-order valence-electron chi connectivity index (χ2n) is 3.96. The Morgan fingerprint density at radius 1 is 1.56 bits per heavy atom. The van der Waals surface area contributed by atoms with E-state index >= 15 is 0 Å². The maximum Gasteiger partial charge on any atom is 0.344 e. The molecule has 1 aliphatic rings. The summed E-state index contributed by atoms with van der Waals surface area (Å²) >= 11 is 4.20. The lowest BCUT2D eigenvalue weighted by atomic mass is 10.5. The van der Waals surface area contributed by atoms with Crippen molar-refractivity contribution in [2.45, 2.75) is 29.1 Å². The first-order chi connectivity index (χ1) is 8.65. The number of hydrogen-bond donors (Lipinski definition) is 1. The number of rotatable bonds is 3. The van der Waals surface area contributed by atoms with Gasteiger partial charge in [0, 0.05) is 16.7 Å². The molecular weight excluding hydrogens is 323 g/mol. The lowest BCUT2D eigenvalue weighted by molar-refractivity contribution is 0.584. The van der Waals surface area contributed by atoms with Gasteiger partial charge in [-0.15, -0.1) is 5.10 Å². The molecule has 5 nitrogen and oxygen atoms in total. The maximum atomic E-state index is 13.7. The van der Waals surface area contributed by atoms with Gasteiger partial charge in [0.15, 0.2) is 11.0 Å². The number of pyridine rings is 1. The summed E-state index contributed by atoms with van der Waals surface area (Å²) in [6.45, 7) is 0. The lowest BCUT2D eigenvalue weighted by Crippen LogP contribution is -2.16. The third-order valence-corrected chi connectivity index (χ3v) is 3.94. The van der Waals surface area contributed by atoms with Gasteiger partial charge in [-0.1, -0.05) is 0 Å². The molecule has 18 heavy (non-hydrogen) atoms. The van der Waals surface area contributed by atoms with Crippen LogP contribution in [0.25, 0.3) is 0 Å². The smallest absolute Gasteiger partial charge is 0.267 e. The zero-order chi connectivity index (χ0) is 12.7. The quantitative estimate of drug-likeness (QED) is 0.938. The van der Waals surface area contributed by atoms with E-state index in [0.29, 0.717) is 9.63 Å². The van der Waals surface area contributed by atoms with Crippen LogP contribution >= 0.6 is 27.7 Å². The average molecular weight is 331 g/mol. The Morgan fingerprint density at radius 3 is 3.00 bits per heavy atom. The summed E-state index contributed by atoms with van der Waals surface area (Å²) in [7, 11) is 0. The fourth-order valence-electron chi connectivity index (χ4n) is 1.58. The zero-order valence-electron chi connectivity index (χ0n) is 9.06. The standard InChI is InChI=1S/C10H8BrFN4OS/c11-5-3-7(12)8(13-4-5)18-10-15-14-9(17)16(10)6-1-2-6/h3-4,6H,1-2H2,(H,14,17). The molecule has 0 aromatic carbocycles. The van der Waals surface area contributed by atoms with Crippen molar-refractivity contribution in [1.29, 1.82) is 0 Å². The maximum absolute atomic E-state index is 13.7. The molecule has 0 radical (unpaired) electrons. The number of nitrogens with zero attached hydrogens (tertiary/aromatic N) is 3. The Morgan fingerprint density at radius 2 is 2.33 bits per heavy atom. The van der Waals surface area contributed by atoms with Crippen molar-refractivity contribution in [3.05, 3.63) is 33.0 Å². The summed E-state index contributed by atoms with van der Waals surface area (Å²) in [6, 6.07) is 1.53. The van der Waals surface area contributed by atoms with Crippen LogP contribution in [0, 0.1) is 5.82 Å². The van der Waals surface area contributed by atoms with Gasteiger partial charge in [0.25, 0.3) is 0 Å². The van der Waals surface area contributed by atoms with E-state index in [-0.39, 0.29) is 16.8 Å². The summed E-state index contributed by atoms with van der Waals surface area (Å²) < 4.78 is 15.8. The summed E-state index contributed by atoms with van der Waals surface area (Å²) in [6.07, 6.45) is 3.43. The molecule has 3 rings (SSSR count).